The SMILES string of the molecule is CC(NC(=O)OCC(F)(F)F)C(C)(C)C. The Morgan fingerprint density at radius 3 is 2.13 bits per heavy atom. The van der Waals surface area contributed by atoms with E-state index in [1.165, 1.54) is 0 Å². The maximum Gasteiger partial charge on any atom is 0.422 e. The molecule has 6 heteroatoms. The molecular weight excluding hydrogens is 211 g/mol. The highest BCUT2D eigenvalue weighted by molar-refractivity contribution is 5.67. The molecular formula is C9H16F3NO2. The van der Waals surface area contributed by atoms with Gasteiger partial charge in [0.15, 0.2) is 6.61 Å². The van der Waals surface area contributed by atoms with Gasteiger partial charge in [0.2, 0.25) is 0 Å². The van der Waals surface area contributed by atoms with Crippen LogP contribution < -0.4 is 5.32 Å². The number of nitrogens with one attached hydrogen (secondary N) is 1. The van der Waals surface area contributed by atoms with Crippen molar-refractivity contribution in [2.75, 3.05) is 6.61 Å². The number of hydrogen-bond donors (Lipinski definition) is 1. The molecule has 3 nitrogen and oxygen atoms in total. The molecule has 1 unspecified atom stereocenters. The predicted octanol–water partition coefficient (Wildman–Crippen LogP) is 2.71. The van der Waals surface area contributed by atoms with Crippen molar-refractivity contribution in [1.29, 1.82) is 0 Å². The lowest BCUT2D eigenvalue weighted by atomic mass is 9.88. The van der Waals surface area contributed by atoms with E-state index in [0.717, 1.165) is 0 Å². The van der Waals surface area contributed by atoms with Crippen LogP contribution in [0.25, 0.3) is 0 Å². The molecule has 0 aromatic heterocycles. The highest BCUT2D eigenvalue weighted by Crippen LogP contribution is 2.19. The Bertz CT molecular complexity index is 220. The van der Waals surface area contributed by atoms with E-state index in [9.17, 15) is 18.0 Å². The van der Waals surface area contributed by atoms with E-state index in [2.05, 4.69) is 10.1 Å². The summed E-state index contributed by atoms with van der Waals surface area (Å²) in [6, 6.07) is -0.266. The lowest BCUT2D eigenvalue weighted by Gasteiger charge is -2.27. The second kappa shape index (κ2) is 4.72. The molecule has 0 aromatic carbocycles. The summed E-state index contributed by atoms with van der Waals surface area (Å²) in [5.74, 6) is 0. The van der Waals surface area contributed by atoms with Gasteiger partial charge in [0, 0.05) is 6.04 Å². The number of alkyl carbamates (subject to hydrolysis) is 1. The molecule has 0 saturated heterocycles. The van der Waals surface area contributed by atoms with E-state index in [-0.39, 0.29) is 11.5 Å². The third kappa shape index (κ3) is 7.04. The molecule has 0 spiro atoms. The number of ether oxygens (including phenoxy) is 1. The first kappa shape index (κ1) is 14.1. The zero-order valence-electron chi connectivity index (χ0n) is 9.23. The van der Waals surface area contributed by atoms with E-state index < -0.39 is 18.9 Å². The lowest BCUT2D eigenvalue weighted by Crippen LogP contribution is -2.42. The lowest BCUT2D eigenvalue weighted by molar-refractivity contribution is -0.160. The third-order valence-corrected chi connectivity index (χ3v) is 2.00. The first-order chi connectivity index (χ1) is 6.52. The summed E-state index contributed by atoms with van der Waals surface area (Å²) in [5, 5.41) is 2.33. The fourth-order valence-corrected chi connectivity index (χ4v) is 0.582. The first-order valence-corrected chi connectivity index (χ1v) is 4.52. The van der Waals surface area contributed by atoms with Crippen molar-refractivity contribution in [3.63, 3.8) is 0 Å². The fourth-order valence-electron chi connectivity index (χ4n) is 0.582. The Balaban J connectivity index is 3.96. The number of amides is 1. The third-order valence-electron chi connectivity index (χ3n) is 2.00. The van der Waals surface area contributed by atoms with Gasteiger partial charge < -0.3 is 10.1 Å². The van der Waals surface area contributed by atoms with Gasteiger partial charge in [-0.2, -0.15) is 13.2 Å². The van der Waals surface area contributed by atoms with E-state index in [0.29, 0.717) is 0 Å². The van der Waals surface area contributed by atoms with Gasteiger partial charge in [0.25, 0.3) is 0 Å². The van der Waals surface area contributed by atoms with Gasteiger partial charge in [-0.3, -0.25) is 0 Å². The molecule has 1 amide bonds. The van der Waals surface area contributed by atoms with Crippen molar-refractivity contribution in [3.05, 3.63) is 0 Å². The molecule has 0 rings (SSSR count). The number of rotatable bonds is 2. The molecule has 1 N–H and O–H groups in total. The minimum Gasteiger partial charge on any atom is -0.440 e. The van der Waals surface area contributed by atoms with Gasteiger partial charge in [-0.1, -0.05) is 20.8 Å². The van der Waals surface area contributed by atoms with Gasteiger partial charge >= 0.3 is 12.3 Å². The molecule has 0 fully saturated rings. The molecule has 0 saturated carbocycles. The van der Waals surface area contributed by atoms with Crippen LogP contribution >= 0.6 is 0 Å². The summed E-state index contributed by atoms with van der Waals surface area (Å²) < 4.78 is 39.0. The quantitative estimate of drug-likeness (QED) is 0.787. The minimum atomic E-state index is -4.48. The highest BCUT2D eigenvalue weighted by atomic mass is 19.4. The van der Waals surface area contributed by atoms with Crippen LogP contribution in [0.4, 0.5) is 18.0 Å². The van der Waals surface area contributed by atoms with Crippen LogP contribution in [0.3, 0.4) is 0 Å². The monoisotopic (exact) mass is 227 g/mol. The maximum absolute atomic E-state index is 11.7. The van der Waals surface area contributed by atoms with Crippen molar-refractivity contribution in [1.82, 2.24) is 5.32 Å². The molecule has 0 aliphatic heterocycles. The maximum atomic E-state index is 11.7. The summed E-state index contributed by atoms with van der Waals surface area (Å²) >= 11 is 0. The molecule has 0 bridgehead atoms. The van der Waals surface area contributed by atoms with Crippen LogP contribution in [0.2, 0.25) is 0 Å². The minimum absolute atomic E-state index is 0.225. The number of halogens is 3. The second-order valence-electron chi connectivity index (χ2n) is 4.42. The number of hydrogen-bond acceptors (Lipinski definition) is 2. The molecule has 0 aliphatic carbocycles. The van der Waals surface area contributed by atoms with Crippen molar-refractivity contribution in [2.24, 2.45) is 5.41 Å². The van der Waals surface area contributed by atoms with E-state index in [1.54, 1.807) is 6.92 Å². The normalized spacial score (nSPS) is 14.6. The predicted molar refractivity (Wildman–Crippen MR) is 49.5 cm³/mol. The number of alkyl halides is 3. The molecule has 0 heterocycles. The summed E-state index contributed by atoms with van der Waals surface area (Å²) in [4.78, 5) is 10.9. The topological polar surface area (TPSA) is 38.3 Å². The highest BCUT2D eigenvalue weighted by Gasteiger charge is 2.30. The standard InChI is InChI=1S/C9H16F3NO2/c1-6(8(2,3)4)13-7(14)15-5-9(10,11)12/h6H,5H2,1-4H3,(H,13,14). The Morgan fingerprint density at radius 1 is 1.33 bits per heavy atom. The van der Waals surface area contributed by atoms with Gasteiger partial charge in [-0.25, -0.2) is 4.79 Å². The zero-order valence-corrected chi connectivity index (χ0v) is 9.23. The number of carbonyl (C=O) groups excluding carboxylic acids is 1. The average Bonchev–Trinajstić information content (AvgIpc) is 1.97. The van der Waals surface area contributed by atoms with Crippen LogP contribution in [0, 0.1) is 5.41 Å². The van der Waals surface area contributed by atoms with Gasteiger partial charge in [0.1, 0.15) is 0 Å². The van der Waals surface area contributed by atoms with E-state index >= 15 is 0 Å². The zero-order chi connectivity index (χ0) is 12.3. The Morgan fingerprint density at radius 2 is 1.80 bits per heavy atom. The smallest absolute Gasteiger partial charge is 0.422 e. The average molecular weight is 227 g/mol. The Kier molecular flexibility index (Phi) is 4.42. The molecule has 0 radical (unpaired) electrons. The number of carbonyl (C=O) groups is 1. The van der Waals surface area contributed by atoms with Gasteiger partial charge in [-0.05, 0) is 12.3 Å². The van der Waals surface area contributed by atoms with Crippen molar-refractivity contribution in [2.45, 2.75) is 39.9 Å². The van der Waals surface area contributed by atoms with Crippen LogP contribution in [0.5, 0.6) is 0 Å². The summed E-state index contributed by atoms with van der Waals surface area (Å²) in [6.07, 6.45) is -5.53. The molecule has 0 aliphatic rings. The van der Waals surface area contributed by atoms with Crippen molar-refractivity contribution >= 4 is 6.09 Å². The molecule has 1 atom stereocenters. The van der Waals surface area contributed by atoms with Gasteiger partial charge in [0.05, 0.1) is 0 Å². The van der Waals surface area contributed by atoms with Gasteiger partial charge in [-0.15, -0.1) is 0 Å². The van der Waals surface area contributed by atoms with Crippen LogP contribution in [0.1, 0.15) is 27.7 Å². The van der Waals surface area contributed by atoms with Crippen LogP contribution in [-0.2, 0) is 4.74 Å². The largest absolute Gasteiger partial charge is 0.440 e. The molecule has 15 heavy (non-hydrogen) atoms. The van der Waals surface area contributed by atoms with Crippen LogP contribution in [-0.4, -0.2) is 24.9 Å². The summed E-state index contributed by atoms with van der Waals surface area (Å²) in [5.41, 5.74) is -0.225. The second-order valence-corrected chi connectivity index (χ2v) is 4.42. The summed E-state index contributed by atoms with van der Waals surface area (Å²) in [6.45, 7) is 5.73. The van der Waals surface area contributed by atoms with Crippen LogP contribution in [0.15, 0.2) is 0 Å². The molecule has 90 valence electrons. The van der Waals surface area contributed by atoms with E-state index in [4.69, 9.17) is 0 Å². The fraction of sp³-hybridized carbons (Fsp3) is 0.889. The van der Waals surface area contributed by atoms with E-state index in [1.807, 2.05) is 20.8 Å². The molecule has 0 aromatic rings. The Hall–Kier alpha value is -0.940. The Labute approximate surface area is 87.0 Å². The summed E-state index contributed by atoms with van der Waals surface area (Å²) in [7, 11) is 0. The van der Waals surface area contributed by atoms with Crippen molar-refractivity contribution in [3.8, 4) is 0 Å². The first-order valence-electron chi connectivity index (χ1n) is 4.52. The van der Waals surface area contributed by atoms with Crippen molar-refractivity contribution < 1.29 is 22.7 Å².